The first-order valence-corrected chi connectivity index (χ1v) is 18.0. The van der Waals surface area contributed by atoms with Crippen molar-refractivity contribution >= 4 is 43.4 Å². The largest absolute Gasteiger partial charge is 0.507 e. The molecule has 0 spiro atoms. The molecule has 0 radical (unpaired) electrons. The smallest absolute Gasteiger partial charge is 0.141 e. The number of phenols is 2. The van der Waals surface area contributed by atoms with Crippen molar-refractivity contribution in [2.24, 2.45) is 0 Å². The van der Waals surface area contributed by atoms with Crippen LogP contribution in [0.1, 0.15) is 12.5 Å². The highest BCUT2D eigenvalue weighted by molar-refractivity contribution is 6.22. The maximum atomic E-state index is 10.9. The molecule has 0 saturated carbocycles. The second-order valence-electron chi connectivity index (χ2n) is 13.8. The fourth-order valence-corrected chi connectivity index (χ4v) is 8.25. The summed E-state index contributed by atoms with van der Waals surface area (Å²) >= 11 is 0. The summed E-state index contributed by atoms with van der Waals surface area (Å²) in [6.07, 6.45) is 9.63. The van der Waals surface area contributed by atoms with Crippen molar-refractivity contribution in [3.8, 4) is 56.3 Å². The SMILES string of the molecule is Oc1cccc(O)c1-c1ccc2c(-c3ccc(-c4nc5ccccc5n4C4C=CC=CC4)cc3)c3ccccc3c(-c3ccc4ccccc4c3)c2c1. The topological polar surface area (TPSA) is 58.3 Å². The highest BCUT2D eigenvalue weighted by atomic mass is 16.3. The molecule has 1 atom stereocenters. The van der Waals surface area contributed by atoms with Crippen LogP contribution in [0.5, 0.6) is 11.5 Å². The third-order valence-corrected chi connectivity index (χ3v) is 10.7. The van der Waals surface area contributed by atoms with Crippen LogP contribution in [0.2, 0.25) is 0 Å². The Morgan fingerprint density at radius 3 is 1.89 bits per heavy atom. The zero-order valence-corrected chi connectivity index (χ0v) is 28.8. The fourth-order valence-electron chi connectivity index (χ4n) is 8.25. The number of fused-ring (bicyclic) bond motifs is 4. The number of rotatable bonds is 5. The molecule has 2 N–H and O–H groups in total. The fraction of sp³-hybridized carbons (Fsp3) is 0.0408. The van der Waals surface area contributed by atoms with Crippen LogP contribution >= 0.6 is 0 Å². The first kappa shape index (κ1) is 30.9. The number of benzene rings is 8. The van der Waals surface area contributed by atoms with E-state index < -0.39 is 0 Å². The van der Waals surface area contributed by atoms with Crippen LogP contribution in [0, 0.1) is 0 Å². The van der Waals surface area contributed by atoms with Gasteiger partial charge in [-0.3, -0.25) is 0 Å². The van der Waals surface area contributed by atoms with Gasteiger partial charge in [0.15, 0.2) is 0 Å². The van der Waals surface area contributed by atoms with Gasteiger partial charge in [-0.05, 0) is 103 Å². The summed E-state index contributed by atoms with van der Waals surface area (Å²) in [4.78, 5) is 5.14. The molecule has 4 nitrogen and oxygen atoms in total. The van der Waals surface area contributed by atoms with Crippen LogP contribution in [0.4, 0.5) is 0 Å². The Bertz CT molecular complexity index is 2930. The number of phenolic OH excluding ortho intramolecular Hbond substituents is 2. The average molecular weight is 683 g/mol. The van der Waals surface area contributed by atoms with Crippen molar-refractivity contribution in [3.63, 3.8) is 0 Å². The van der Waals surface area contributed by atoms with Crippen LogP contribution in [0.25, 0.3) is 88.1 Å². The number of para-hydroxylation sites is 2. The first-order valence-electron chi connectivity index (χ1n) is 18.0. The minimum absolute atomic E-state index is 0.0407. The van der Waals surface area contributed by atoms with Gasteiger partial charge >= 0.3 is 0 Å². The molecule has 0 amide bonds. The minimum Gasteiger partial charge on any atom is -0.507 e. The van der Waals surface area contributed by atoms with E-state index in [2.05, 4.69) is 150 Å². The molecule has 0 aliphatic heterocycles. The van der Waals surface area contributed by atoms with Gasteiger partial charge in [0.1, 0.15) is 17.3 Å². The first-order chi connectivity index (χ1) is 26.1. The number of allylic oxidation sites excluding steroid dienone is 4. The zero-order valence-electron chi connectivity index (χ0n) is 28.8. The van der Waals surface area contributed by atoms with E-state index in [0.717, 1.165) is 78.2 Å². The van der Waals surface area contributed by atoms with Gasteiger partial charge in [-0.1, -0.05) is 140 Å². The predicted molar refractivity (Wildman–Crippen MR) is 219 cm³/mol. The number of hydrogen-bond acceptors (Lipinski definition) is 3. The molecular weight excluding hydrogens is 649 g/mol. The Hall–Kier alpha value is -6.91. The lowest BCUT2D eigenvalue weighted by atomic mass is 9.84. The van der Waals surface area contributed by atoms with Crippen LogP contribution in [-0.2, 0) is 0 Å². The number of nitrogens with zero attached hydrogens (tertiary/aromatic N) is 2. The molecule has 1 aliphatic carbocycles. The average Bonchev–Trinajstić information content (AvgIpc) is 3.60. The molecule has 1 aromatic heterocycles. The lowest BCUT2D eigenvalue weighted by molar-refractivity contribution is 0.454. The molecule has 53 heavy (non-hydrogen) atoms. The molecule has 9 aromatic rings. The molecule has 8 aromatic carbocycles. The van der Waals surface area contributed by atoms with Gasteiger partial charge in [0.25, 0.3) is 0 Å². The van der Waals surface area contributed by atoms with Crippen molar-refractivity contribution in [3.05, 3.63) is 176 Å². The molecule has 252 valence electrons. The molecular formula is C49H34N2O2. The molecule has 1 aliphatic rings. The number of aromatic nitrogens is 2. The standard InChI is InChI=1S/C49H34N2O2/c52-44-19-10-20-45(53)48(44)36-27-28-40-41(30-36)47(35-26-21-31-11-4-5-12-34(31)29-35)39-16-7-6-15-38(39)46(40)32-22-24-33(25-23-32)49-50-42-17-8-9-18-43(42)51(49)37-13-2-1-3-14-37/h1-13,15-30,37,52-53H,14H2. The summed E-state index contributed by atoms with van der Waals surface area (Å²) < 4.78 is 2.36. The van der Waals surface area contributed by atoms with Gasteiger partial charge in [0.2, 0.25) is 0 Å². The van der Waals surface area contributed by atoms with E-state index in [9.17, 15) is 10.2 Å². The van der Waals surface area contributed by atoms with Crippen LogP contribution in [0.3, 0.4) is 0 Å². The Balaban J connectivity index is 1.21. The molecule has 10 rings (SSSR count). The number of aromatic hydroxyl groups is 2. The van der Waals surface area contributed by atoms with E-state index in [1.807, 2.05) is 12.1 Å². The van der Waals surface area contributed by atoms with Crippen molar-refractivity contribution in [2.75, 3.05) is 0 Å². The number of imidazole rings is 1. The normalized spacial score (nSPS) is 14.2. The predicted octanol–water partition coefficient (Wildman–Crippen LogP) is 12.6. The van der Waals surface area contributed by atoms with E-state index in [4.69, 9.17) is 4.98 Å². The second-order valence-corrected chi connectivity index (χ2v) is 13.8. The summed E-state index contributed by atoms with van der Waals surface area (Å²) in [7, 11) is 0. The van der Waals surface area contributed by atoms with Crippen LogP contribution in [0.15, 0.2) is 176 Å². The van der Waals surface area contributed by atoms with E-state index in [0.29, 0.717) is 5.56 Å². The van der Waals surface area contributed by atoms with Gasteiger partial charge in [-0.15, -0.1) is 0 Å². The quantitative estimate of drug-likeness (QED) is 0.178. The molecule has 4 heteroatoms. The van der Waals surface area contributed by atoms with Crippen molar-refractivity contribution < 1.29 is 10.2 Å². The van der Waals surface area contributed by atoms with E-state index in [1.54, 1.807) is 18.2 Å². The maximum Gasteiger partial charge on any atom is 0.141 e. The lowest BCUT2D eigenvalue weighted by Gasteiger charge is -2.20. The summed E-state index contributed by atoms with van der Waals surface area (Å²) in [5, 5.41) is 28.6. The van der Waals surface area contributed by atoms with Gasteiger partial charge < -0.3 is 14.8 Å². The molecule has 1 unspecified atom stereocenters. The maximum absolute atomic E-state index is 10.9. The van der Waals surface area contributed by atoms with E-state index in [-0.39, 0.29) is 17.5 Å². The highest BCUT2D eigenvalue weighted by Gasteiger charge is 2.22. The number of hydrogen-bond donors (Lipinski definition) is 2. The van der Waals surface area contributed by atoms with Crippen LogP contribution < -0.4 is 0 Å². The third-order valence-electron chi connectivity index (χ3n) is 10.7. The molecule has 0 bridgehead atoms. The van der Waals surface area contributed by atoms with Gasteiger partial charge in [-0.25, -0.2) is 4.98 Å². The second kappa shape index (κ2) is 12.4. The summed E-state index contributed by atoms with van der Waals surface area (Å²) in [6.45, 7) is 0. The van der Waals surface area contributed by atoms with E-state index >= 15 is 0 Å². The summed E-state index contributed by atoms with van der Waals surface area (Å²) in [6, 6.07) is 52.3. The molecule has 0 saturated heterocycles. The molecule has 1 heterocycles. The third kappa shape index (κ3) is 5.10. The van der Waals surface area contributed by atoms with Crippen molar-refractivity contribution in [2.45, 2.75) is 12.5 Å². The Labute approximate surface area is 306 Å². The highest BCUT2D eigenvalue weighted by Crippen LogP contribution is 2.47. The van der Waals surface area contributed by atoms with E-state index in [1.165, 1.54) is 10.8 Å². The monoisotopic (exact) mass is 682 g/mol. The van der Waals surface area contributed by atoms with Crippen LogP contribution in [-0.4, -0.2) is 19.8 Å². The Morgan fingerprint density at radius 1 is 0.491 bits per heavy atom. The van der Waals surface area contributed by atoms with Crippen molar-refractivity contribution in [1.82, 2.24) is 9.55 Å². The Morgan fingerprint density at radius 2 is 1.11 bits per heavy atom. The Kier molecular flexibility index (Phi) is 7.22. The van der Waals surface area contributed by atoms with Gasteiger partial charge in [0, 0.05) is 5.56 Å². The van der Waals surface area contributed by atoms with Crippen molar-refractivity contribution in [1.29, 1.82) is 0 Å². The molecule has 0 fully saturated rings. The van der Waals surface area contributed by atoms with Gasteiger partial charge in [0.05, 0.1) is 22.6 Å². The van der Waals surface area contributed by atoms with Gasteiger partial charge in [-0.2, -0.15) is 0 Å². The lowest BCUT2D eigenvalue weighted by Crippen LogP contribution is -2.08. The zero-order chi connectivity index (χ0) is 35.5. The summed E-state index contributed by atoms with van der Waals surface area (Å²) in [5.74, 6) is 1.04. The minimum atomic E-state index is 0.0407. The summed E-state index contributed by atoms with van der Waals surface area (Å²) in [5.41, 5.74) is 8.80.